The number of anilines is 1. The molecular formula is C11H16N3. The van der Waals surface area contributed by atoms with Crippen LogP contribution in [-0.4, -0.2) is 30.7 Å². The molecule has 75 valence electrons. The van der Waals surface area contributed by atoms with E-state index in [2.05, 4.69) is 41.3 Å². The summed E-state index contributed by atoms with van der Waals surface area (Å²) in [5.41, 5.74) is 2.41. The normalized spacial score (nSPS) is 22.4. The lowest BCUT2D eigenvalue weighted by Gasteiger charge is -2.36. The number of hydrogen-bond acceptors (Lipinski definition) is 3. The SMILES string of the molecule is Cc1[c]nccc1N1CCNCC1C. The summed E-state index contributed by atoms with van der Waals surface area (Å²) in [6.07, 6.45) is 4.82. The van der Waals surface area contributed by atoms with Crippen molar-refractivity contribution in [1.29, 1.82) is 0 Å². The Balaban J connectivity index is 2.25. The van der Waals surface area contributed by atoms with Crippen molar-refractivity contribution in [3.05, 3.63) is 24.0 Å². The third-order valence-corrected chi connectivity index (χ3v) is 2.73. The van der Waals surface area contributed by atoms with Gasteiger partial charge in [0.15, 0.2) is 0 Å². The van der Waals surface area contributed by atoms with Gasteiger partial charge >= 0.3 is 0 Å². The zero-order valence-corrected chi connectivity index (χ0v) is 8.75. The summed E-state index contributed by atoms with van der Waals surface area (Å²) in [6.45, 7) is 7.50. The lowest BCUT2D eigenvalue weighted by atomic mass is 10.1. The highest BCUT2D eigenvalue weighted by Crippen LogP contribution is 2.20. The van der Waals surface area contributed by atoms with E-state index < -0.39 is 0 Å². The number of hydrogen-bond donors (Lipinski definition) is 1. The van der Waals surface area contributed by atoms with E-state index in [9.17, 15) is 0 Å². The van der Waals surface area contributed by atoms with Gasteiger partial charge in [-0.15, -0.1) is 0 Å². The fraction of sp³-hybridized carbons (Fsp3) is 0.545. The highest BCUT2D eigenvalue weighted by atomic mass is 15.2. The summed E-state index contributed by atoms with van der Waals surface area (Å²) in [5.74, 6) is 0. The van der Waals surface area contributed by atoms with Gasteiger partial charge in [-0.2, -0.15) is 0 Å². The third-order valence-electron chi connectivity index (χ3n) is 2.73. The van der Waals surface area contributed by atoms with Crippen molar-refractivity contribution in [2.24, 2.45) is 0 Å². The van der Waals surface area contributed by atoms with E-state index in [4.69, 9.17) is 0 Å². The zero-order valence-electron chi connectivity index (χ0n) is 8.75. The molecule has 1 atom stereocenters. The Hall–Kier alpha value is -1.09. The molecule has 1 unspecified atom stereocenters. The smallest absolute Gasteiger partial charge is 0.0939 e. The van der Waals surface area contributed by atoms with Crippen LogP contribution in [0.2, 0.25) is 0 Å². The molecule has 2 heterocycles. The van der Waals surface area contributed by atoms with Gasteiger partial charge < -0.3 is 10.2 Å². The molecule has 1 saturated heterocycles. The van der Waals surface area contributed by atoms with Gasteiger partial charge in [0.1, 0.15) is 0 Å². The van der Waals surface area contributed by atoms with Crippen LogP contribution in [0, 0.1) is 13.1 Å². The molecule has 0 spiro atoms. The van der Waals surface area contributed by atoms with Crippen LogP contribution in [0.25, 0.3) is 0 Å². The van der Waals surface area contributed by atoms with Crippen LogP contribution >= 0.6 is 0 Å². The van der Waals surface area contributed by atoms with Gasteiger partial charge in [-0.3, -0.25) is 4.98 Å². The van der Waals surface area contributed by atoms with E-state index in [1.165, 1.54) is 5.69 Å². The molecule has 0 aromatic carbocycles. The van der Waals surface area contributed by atoms with E-state index in [1.54, 1.807) is 0 Å². The highest BCUT2D eigenvalue weighted by Gasteiger charge is 2.19. The van der Waals surface area contributed by atoms with E-state index in [0.717, 1.165) is 25.2 Å². The van der Waals surface area contributed by atoms with Crippen molar-refractivity contribution in [1.82, 2.24) is 10.3 Å². The van der Waals surface area contributed by atoms with Gasteiger partial charge in [0, 0.05) is 43.1 Å². The van der Waals surface area contributed by atoms with Gasteiger partial charge in [-0.05, 0) is 19.9 Å². The Bertz CT molecular complexity index is 311. The Morgan fingerprint density at radius 3 is 3.21 bits per heavy atom. The molecule has 0 aliphatic carbocycles. The lowest BCUT2D eigenvalue weighted by molar-refractivity contribution is 0.500. The van der Waals surface area contributed by atoms with E-state index in [1.807, 2.05) is 6.20 Å². The largest absolute Gasteiger partial charge is 0.366 e. The van der Waals surface area contributed by atoms with Crippen molar-refractivity contribution in [2.75, 3.05) is 24.5 Å². The maximum atomic E-state index is 4.00. The van der Waals surface area contributed by atoms with Crippen LogP contribution < -0.4 is 10.2 Å². The monoisotopic (exact) mass is 190 g/mol. The molecule has 1 aromatic rings. The predicted octanol–water partition coefficient (Wildman–Crippen LogP) is 0.988. The lowest BCUT2D eigenvalue weighted by Crippen LogP contribution is -2.50. The molecule has 1 radical (unpaired) electrons. The average Bonchev–Trinajstić information content (AvgIpc) is 2.20. The van der Waals surface area contributed by atoms with Gasteiger partial charge in [-0.25, -0.2) is 0 Å². The Labute approximate surface area is 85.1 Å². The van der Waals surface area contributed by atoms with Crippen LogP contribution in [-0.2, 0) is 0 Å². The van der Waals surface area contributed by atoms with Gasteiger partial charge in [0.25, 0.3) is 0 Å². The second-order valence-corrected chi connectivity index (χ2v) is 3.81. The maximum Gasteiger partial charge on any atom is 0.0939 e. The topological polar surface area (TPSA) is 28.2 Å². The van der Waals surface area contributed by atoms with Crippen molar-refractivity contribution < 1.29 is 0 Å². The standard InChI is InChI=1S/C11H16N3/c1-9-7-12-4-3-11(9)14-6-5-13-8-10(14)2/h3-4,10,13H,5-6,8H2,1-2H3. The van der Waals surface area contributed by atoms with E-state index in [-0.39, 0.29) is 0 Å². The fourth-order valence-electron chi connectivity index (χ4n) is 1.93. The van der Waals surface area contributed by atoms with Crippen LogP contribution in [0.5, 0.6) is 0 Å². The van der Waals surface area contributed by atoms with Crippen molar-refractivity contribution >= 4 is 5.69 Å². The molecule has 1 N–H and O–H groups in total. The minimum Gasteiger partial charge on any atom is -0.366 e. The molecule has 2 rings (SSSR count). The number of rotatable bonds is 1. The molecule has 14 heavy (non-hydrogen) atoms. The molecule has 1 fully saturated rings. The van der Waals surface area contributed by atoms with Crippen LogP contribution in [0.4, 0.5) is 5.69 Å². The van der Waals surface area contributed by atoms with Crippen molar-refractivity contribution in [3.63, 3.8) is 0 Å². The quantitative estimate of drug-likeness (QED) is 0.715. The number of piperazine rings is 1. The fourth-order valence-corrected chi connectivity index (χ4v) is 1.93. The first-order valence-electron chi connectivity index (χ1n) is 5.09. The first-order valence-corrected chi connectivity index (χ1v) is 5.09. The maximum absolute atomic E-state index is 4.00. The highest BCUT2D eigenvalue weighted by molar-refractivity contribution is 5.52. The van der Waals surface area contributed by atoms with E-state index in [0.29, 0.717) is 6.04 Å². The molecule has 0 bridgehead atoms. The van der Waals surface area contributed by atoms with Crippen LogP contribution in [0.15, 0.2) is 12.3 Å². The van der Waals surface area contributed by atoms with E-state index >= 15 is 0 Å². The molecule has 3 heteroatoms. The summed E-state index contributed by atoms with van der Waals surface area (Å²) >= 11 is 0. The molecule has 3 nitrogen and oxygen atoms in total. The molecular weight excluding hydrogens is 174 g/mol. The molecule has 1 aromatic heterocycles. The first-order chi connectivity index (χ1) is 6.79. The number of nitrogens with one attached hydrogen (secondary N) is 1. The molecule has 1 aliphatic rings. The number of nitrogens with zero attached hydrogens (tertiary/aromatic N) is 2. The second-order valence-electron chi connectivity index (χ2n) is 3.81. The zero-order chi connectivity index (χ0) is 9.97. The van der Waals surface area contributed by atoms with Crippen molar-refractivity contribution in [3.8, 4) is 0 Å². The van der Waals surface area contributed by atoms with Gasteiger partial charge in [-0.1, -0.05) is 0 Å². The molecule has 0 amide bonds. The van der Waals surface area contributed by atoms with Crippen LogP contribution in [0.1, 0.15) is 12.5 Å². The minimum absolute atomic E-state index is 0.554. The predicted molar refractivity (Wildman–Crippen MR) is 57.5 cm³/mol. The summed E-state index contributed by atoms with van der Waals surface area (Å²) in [4.78, 5) is 6.42. The second kappa shape index (κ2) is 3.96. The first kappa shape index (κ1) is 9.46. The van der Waals surface area contributed by atoms with Gasteiger partial charge in [0.2, 0.25) is 0 Å². The Morgan fingerprint density at radius 1 is 1.64 bits per heavy atom. The number of pyridine rings is 1. The summed E-state index contributed by atoms with van der Waals surface area (Å²) in [7, 11) is 0. The van der Waals surface area contributed by atoms with Crippen molar-refractivity contribution in [2.45, 2.75) is 19.9 Å². The minimum atomic E-state index is 0.554. The molecule has 0 saturated carbocycles. The van der Waals surface area contributed by atoms with Crippen LogP contribution in [0.3, 0.4) is 0 Å². The Morgan fingerprint density at radius 2 is 2.50 bits per heavy atom. The average molecular weight is 190 g/mol. The summed E-state index contributed by atoms with van der Waals surface area (Å²) < 4.78 is 0. The van der Waals surface area contributed by atoms with Gasteiger partial charge in [0.05, 0.1) is 6.20 Å². The number of aryl methyl sites for hydroxylation is 1. The Kier molecular flexibility index (Phi) is 2.68. The summed E-state index contributed by atoms with van der Waals surface area (Å²) in [6, 6.07) is 2.63. The molecule has 1 aliphatic heterocycles. The summed E-state index contributed by atoms with van der Waals surface area (Å²) in [5, 5.41) is 3.39. The third kappa shape index (κ3) is 1.73. The number of aromatic nitrogens is 1.